The predicted molar refractivity (Wildman–Crippen MR) is 119 cm³/mol. The Morgan fingerprint density at radius 3 is 2.47 bits per heavy atom. The van der Waals surface area contributed by atoms with Crippen molar-refractivity contribution in [1.29, 1.82) is 0 Å². The van der Waals surface area contributed by atoms with Crippen molar-refractivity contribution in [3.05, 3.63) is 71.4 Å². The number of H-pyrrole nitrogens is 1. The third kappa shape index (κ3) is 4.81. The molecular formula is C24H26N4O4. The van der Waals surface area contributed by atoms with Crippen LogP contribution in [-0.2, 0) is 11.3 Å². The van der Waals surface area contributed by atoms with Gasteiger partial charge >= 0.3 is 0 Å². The Kier molecular flexibility index (Phi) is 6.51. The molecule has 1 fully saturated rings. The molecule has 1 saturated carbocycles. The maximum atomic E-state index is 13.4. The standard InChI is InChI=1S/C24H26N4O4/c29-22(26-18-5-1-2-6-18)15-28(14-16-9-11-17(12-10-16)23(30)27-32)24(31)20-13-25-21-8-4-3-7-19(20)21/h3-4,7-13,18,25,32H,1-2,5-6,14-15H2,(H,26,29)(H,27,30). The highest BCUT2D eigenvalue weighted by molar-refractivity contribution is 6.07. The van der Waals surface area contributed by atoms with E-state index in [1.165, 1.54) is 4.90 Å². The summed E-state index contributed by atoms with van der Waals surface area (Å²) < 4.78 is 0. The summed E-state index contributed by atoms with van der Waals surface area (Å²) in [6, 6.07) is 14.2. The molecule has 1 aromatic heterocycles. The lowest BCUT2D eigenvalue weighted by Crippen LogP contribution is -2.43. The molecular weight excluding hydrogens is 408 g/mol. The summed E-state index contributed by atoms with van der Waals surface area (Å²) in [4.78, 5) is 42.4. The number of benzene rings is 2. The van der Waals surface area contributed by atoms with Crippen LogP contribution in [0.1, 0.15) is 52.0 Å². The van der Waals surface area contributed by atoms with Gasteiger partial charge in [-0.25, -0.2) is 5.48 Å². The van der Waals surface area contributed by atoms with Gasteiger partial charge in [-0.15, -0.1) is 0 Å². The third-order valence-electron chi connectivity index (χ3n) is 5.85. The fourth-order valence-electron chi connectivity index (χ4n) is 4.18. The van der Waals surface area contributed by atoms with Gasteiger partial charge in [0.15, 0.2) is 0 Å². The Morgan fingerprint density at radius 1 is 1.03 bits per heavy atom. The molecule has 0 saturated heterocycles. The second kappa shape index (κ2) is 9.65. The fourth-order valence-corrected chi connectivity index (χ4v) is 4.18. The van der Waals surface area contributed by atoms with Gasteiger partial charge in [0, 0.05) is 35.2 Å². The highest BCUT2D eigenvalue weighted by atomic mass is 16.5. The minimum absolute atomic E-state index is 0.0618. The molecule has 0 spiro atoms. The number of hydrogen-bond donors (Lipinski definition) is 4. The van der Waals surface area contributed by atoms with Crippen LogP contribution in [0, 0.1) is 0 Å². The van der Waals surface area contributed by atoms with E-state index in [1.807, 2.05) is 24.3 Å². The predicted octanol–water partition coefficient (Wildman–Crippen LogP) is 2.99. The molecule has 3 amide bonds. The first-order valence-electron chi connectivity index (χ1n) is 10.7. The lowest BCUT2D eigenvalue weighted by molar-refractivity contribution is -0.122. The van der Waals surface area contributed by atoms with Crippen molar-refractivity contribution in [3.8, 4) is 0 Å². The number of aromatic amines is 1. The van der Waals surface area contributed by atoms with Crippen LogP contribution in [0.15, 0.2) is 54.7 Å². The topological polar surface area (TPSA) is 115 Å². The molecule has 32 heavy (non-hydrogen) atoms. The zero-order chi connectivity index (χ0) is 22.5. The average molecular weight is 434 g/mol. The zero-order valence-corrected chi connectivity index (χ0v) is 17.6. The highest BCUT2D eigenvalue weighted by Crippen LogP contribution is 2.21. The fraction of sp³-hybridized carbons (Fsp3) is 0.292. The molecule has 1 aliphatic rings. The third-order valence-corrected chi connectivity index (χ3v) is 5.85. The minimum Gasteiger partial charge on any atom is -0.360 e. The summed E-state index contributed by atoms with van der Waals surface area (Å²) >= 11 is 0. The minimum atomic E-state index is -0.612. The van der Waals surface area contributed by atoms with Crippen molar-refractivity contribution < 1.29 is 19.6 Å². The first-order chi connectivity index (χ1) is 15.5. The molecule has 0 atom stereocenters. The Bertz CT molecular complexity index is 1120. The maximum absolute atomic E-state index is 13.4. The molecule has 166 valence electrons. The summed E-state index contributed by atoms with van der Waals surface area (Å²) in [6.07, 6.45) is 5.82. The van der Waals surface area contributed by atoms with Gasteiger partial charge in [-0.3, -0.25) is 19.6 Å². The van der Waals surface area contributed by atoms with E-state index in [0.717, 1.165) is 42.1 Å². The molecule has 4 rings (SSSR count). The number of rotatable bonds is 7. The molecule has 2 aromatic carbocycles. The number of amides is 3. The van der Waals surface area contributed by atoms with E-state index in [9.17, 15) is 14.4 Å². The van der Waals surface area contributed by atoms with Gasteiger partial charge in [0.25, 0.3) is 11.8 Å². The van der Waals surface area contributed by atoms with Crippen LogP contribution in [0.25, 0.3) is 10.9 Å². The first-order valence-corrected chi connectivity index (χ1v) is 10.7. The highest BCUT2D eigenvalue weighted by Gasteiger charge is 2.24. The van der Waals surface area contributed by atoms with Crippen molar-refractivity contribution in [2.75, 3.05) is 6.54 Å². The van der Waals surface area contributed by atoms with Crippen LogP contribution in [0.5, 0.6) is 0 Å². The molecule has 4 N–H and O–H groups in total. The molecule has 3 aromatic rings. The first kappa shape index (κ1) is 21.6. The van der Waals surface area contributed by atoms with Crippen molar-refractivity contribution in [2.24, 2.45) is 0 Å². The van der Waals surface area contributed by atoms with Crippen LogP contribution in [0.2, 0.25) is 0 Å². The number of nitrogens with zero attached hydrogens (tertiary/aromatic N) is 1. The van der Waals surface area contributed by atoms with Crippen LogP contribution >= 0.6 is 0 Å². The summed E-state index contributed by atoms with van der Waals surface area (Å²) in [7, 11) is 0. The summed E-state index contributed by atoms with van der Waals surface area (Å²) in [6.45, 7) is 0.144. The van der Waals surface area contributed by atoms with Crippen molar-refractivity contribution >= 4 is 28.6 Å². The van der Waals surface area contributed by atoms with Crippen molar-refractivity contribution in [3.63, 3.8) is 0 Å². The molecule has 0 bridgehead atoms. The normalized spacial score (nSPS) is 13.8. The van der Waals surface area contributed by atoms with Gasteiger partial charge in [0.2, 0.25) is 5.91 Å². The Morgan fingerprint density at radius 2 is 1.75 bits per heavy atom. The average Bonchev–Trinajstić information content (AvgIpc) is 3.48. The van der Waals surface area contributed by atoms with Crippen LogP contribution in [0.3, 0.4) is 0 Å². The Balaban J connectivity index is 1.56. The van der Waals surface area contributed by atoms with Crippen molar-refractivity contribution in [1.82, 2.24) is 20.7 Å². The summed E-state index contributed by atoms with van der Waals surface area (Å²) in [5.41, 5.74) is 4.01. The number of nitrogens with one attached hydrogen (secondary N) is 3. The van der Waals surface area contributed by atoms with Gasteiger partial charge < -0.3 is 15.2 Å². The van der Waals surface area contributed by atoms with E-state index in [2.05, 4.69) is 10.3 Å². The second-order valence-electron chi connectivity index (χ2n) is 8.10. The Labute approximate surface area is 185 Å². The number of hydroxylamine groups is 1. The number of carbonyl (C=O) groups excluding carboxylic acids is 3. The molecule has 0 aliphatic heterocycles. The smallest absolute Gasteiger partial charge is 0.274 e. The van der Waals surface area contributed by atoms with Gasteiger partial charge in [-0.1, -0.05) is 43.2 Å². The van der Waals surface area contributed by atoms with Crippen molar-refractivity contribution in [2.45, 2.75) is 38.3 Å². The molecule has 1 heterocycles. The number of fused-ring (bicyclic) bond motifs is 1. The number of para-hydroxylation sites is 1. The molecule has 0 radical (unpaired) electrons. The Hall–Kier alpha value is -3.65. The molecule has 8 heteroatoms. The lowest BCUT2D eigenvalue weighted by Gasteiger charge is -2.23. The SMILES string of the molecule is O=C(CN(Cc1ccc(C(=O)NO)cc1)C(=O)c1c[nH]c2ccccc12)NC1CCCC1. The molecule has 1 aliphatic carbocycles. The van der Waals surface area contributed by atoms with E-state index >= 15 is 0 Å². The number of hydrogen-bond acceptors (Lipinski definition) is 4. The second-order valence-corrected chi connectivity index (χ2v) is 8.10. The quantitative estimate of drug-likeness (QED) is 0.338. The molecule has 0 unspecified atom stereocenters. The largest absolute Gasteiger partial charge is 0.360 e. The molecule has 8 nitrogen and oxygen atoms in total. The van der Waals surface area contributed by atoms with Crippen LogP contribution in [0.4, 0.5) is 0 Å². The number of carbonyl (C=O) groups is 3. The zero-order valence-electron chi connectivity index (χ0n) is 17.6. The van der Waals surface area contributed by atoms with Gasteiger partial charge in [-0.05, 0) is 36.6 Å². The lowest BCUT2D eigenvalue weighted by atomic mass is 10.1. The number of aromatic nitrogens is 1. The summed E-state index contributed by atoms with van der Waals surface area (Å²) in [5.74, 6) is -1.04. The van der Waals surface area contributed by atoms with E-state index in [4.69, 9.17) is 5.21 Å². The van der Waals surface area contributed by atoms with E-state index in [-0.39, 0.29) is 30.9 Å². The van der Waals surface area contributed by atoms with E-state index < -0.39 is 5.91 Å². The van der Waals surface area contributed by atoms with Crippen LogP contribution < -0.4 is 10.8 Å². The van der Waals surface area contributed by atoms with Gasteiger partial charge in [0.05, 0.1) is 5.56 Å². The van der Waals surface area contributed by atoms with Gasteiger partial charge in [0.1, 0.15) is 6.54 Å². The summed E-state index contributed by atoms with van der Waals surface area (Å²) in [5, 5.41) is 12.6. The van der Waals surface area contributed by atoms with E-state index in [1.54, 1.807) is 35.9 Å². The van der Waals surface area contributed by atoms with Crippen LogP contribution in [-0.4, -0.2) is 45.4 Å². The monoisotopic (exact) mass is 434 g/mol. The van der Waals surface area contributed by atoms with Gasteiger partial charge in [-0.2, -0.15) is 0 Å². The maximum Gasteiger partial charge on any atom is 0.274 e. The van der Waals surface area contributed by atoms with E-state index in [0.29, 0.717) is 11.1 Å².